The fourth-order valence-corrected chi connectivity index (χ4v) is 2.14. The highest BCUT2D eigenvalue weighted by molar-refractivity contribution is 9.10. The highest BCUT2D eigenvalue weighted by atomic mass is 79.9. The van der Waals surface area contributed by atoms with Gasteiger partial charge in [-0.15, -0.1) is 0 Å². The van der Waals surface area contributed by atoms with Crippen molar-refractivity contribution in [3.05, 3.63) is 22.7 Å². The average Bonchev–Trinajstić information content (AvgIpc) is 2.39. The Morgan fingerprint density at radius 1 is 1.26 bits per heavy atom. The normalized spacial score (nSPS) is 12.5. The van der Waals surface area contributed by atoms with Gasteiger partial charge in [-0.1, -0.05) is 20.8 Å². The van der Waals surface area contributed by atoms with Gasteiger partial charge in [0.05, 0.1) is 11.6 Å². The summed E-state index contributed by atoms with van der Waals surface area (Å²) >= 11 is 3.51. The summed E-state index contributed by atoms with van der Waals surface area (Å²) in [6.07, 6.45) is 1.16. The van der Waals surface area contributed by atoms with Crippen molar-refractivity contribution >= 4 is 15.9 Å². The van der Waals surface area contributed by atoms with E-state index in [-0.39, 0.29) is 6.10 Å². The third kappa shape index (κ3) is 5.83. The van der Waals surface area contributed by atoms with Crippen LogP contribution >= 0.6 is 15.9 Å². The predicted octanol–water partition coefficient (Wildman–Crippen LogP) is 3.86. The van der Waals surface area contributed by atoms with Crippen molar-refractivity contribution in [2.45, 2.75) is 33.3 Å². The maximum absolute atomic E-state index is 6.01. The summed E-state index contributed by atoms with van der Waals surface area (Å²) in [5, 5.41) is 3.43. The van der Waals surface area contributed by atoms with Crippen molar-refractivity contribution in [3.63, 3.8) is 0 Å². The van der Waals surface area contributed by atoms with Gasteiger partial charge in [-0.05, 0) is 53.0 Å². The molecule has 0 radical (unpaired) electrons. The van der Waals surface area contributed by atoms with Crippen LogP contribution in [-0.2, 0) is 0 Å². The number of benzene rings is 1. The van der Waals surface area contributed by atoms with Gasteiger partial charge in [0.15, 0.2) is 0 Å². The van der Waals surface area contributed by atoms with Gasteiger partial charge in [0.25, 0.3) is 0 Å². The molecule has 0 saturated heterocycles. The zero-order valence-corrected chi connectivity index (χ0v) is 13.8. The highest BCUT2D eigenvalue weighted by Gasteiger charge is 2.11. The molecule has 1 rings (SSSR count). The monoisotopic (exact) mass is 329 g/mol. The summed E-state index contributed by atoms with van der Waals surface area (Å²) in [5.74, 6) is 2.34. The van der Waals surface area contributed by atoms with E-state index in [0.29, 0.717) is 5.92 Å². The summed E-state index contributed by atoms with van der Waals surface area (Å²) in [6, 6.07) is 5.77. The molecule has 0 fully saturated rings. The third-order valence-electron chi connectivity index (χ3n) is 2.81. The number of ether oxygens (including phenoxy) is 2. The van der Waals surface area contributed by atoms with E-state index in [1.54, 1.807) is 7.11 Å². The van der Waals surface area contributed by atoms with Crippen molar-refractivity contribution in [1.29, 1.82) is 0 Å². The van der Waals surface area contributed by atoms with Gasteiger partial charge in [-0.3, -0.25) is 0 Å². The molecule has 19 heavy (non-hydrogen) atoms. The number of halogens is 1. The Morgan fingerprint density at radius 2 is 2.00 bits per heavy atom. The van der Waals surface area contributed by atoms with Crippen molar-refractivity contribution in [1.82, 2.24) is 5.32 Å². The van der Waals surface area contributed by atoms with E-state index in [9.17, 15) is 0 Å². The van der Waals surface area contributed by atoms with Crippen LogP contribution in [0.5, 0.6) is 11.5 Å². The lowest BCUT2D eigenvalue weighted by atomic mass is 10.2. The fraction of sp³-hybridized carbons (Fsp3) is 0.600. The molecule has 0 saturated carbocycles. The maximum Gasteiger partial charge on any atom is 0.134 e. The molecule has 0 bridgehead atoms. The number of rotatable bonds is 8. The Morgan fingerprint density at radius 3 is 2.53 bits per heavy atom. The van der Waals surface area contributed by atoms with Crippen LogP contribution in [0.1, 0.15) is 27.2 Å². The molecular formula is C15H24BrNO2. The van der Waals surface area contributed by atoms with E-state index in [4.69, 9.17) is 9.47 Å². The second-order valence-electron chi connectivity index (χ2n) is 5.00. The SMILES string of the molecule is CCC(CNCC(C)C)Oc1ccc(OC)cc1Br. The van der Waals surface area contributed by atoms with Crippen LogP contribution in [0.2, 0.25) is 0 Å². The summed E-state index contributed by atoms with van der Waals surface area (Å²) in [6.45, 7) is 8.43. The Hall–Kier alpha value is -0.740. The minimum Gasteiger partial charge on any atom is -0.497 e. The van der Waals surface area contributed by atoms with Crippen LogP contribution in [0.4, 0.5) is 0 Å². The van der Waals surface area contributed by atoms with Crippen LogP contribution in [0.25, 0.3) is 0 Å². The lowest BCUT2D eigenvalue weighted by Gasteiger charge is -2.20. The molecule has 1 aromatic rings. The molecule has 0 heterocycles. The second kappa shape index (κ2) is 8.43. The Bertz CT molecular complexity index is 382. The van der Waals surface area contributed by atoms with E-state index in [2.05, 4.69) is 42.0 Å². The Balaban J connectivity index is 2.55. The molecule has 108 valence electrons. The van der Waals surface area contributed by atoms with Gasteiger partial charge in [0.2, 0.25) is 0 Å². The first-order valence-electron chi connectivity index (χ1n) is 6.77. The van der Waals surface area contributed by atoms with Crippen LogP contribution < -0.4 is 14.8 Å². The minimum absolute atomic E-state index is 0.184. The molecule has 0 aliphatic carbocycles. The third-order valence-corrected chi connectivity index (χ3v) is 3.43. The van der Waals surface area contributed by atoms with E-state index in [1.807, 2.05) is 18.2 Å². The molecular weight excluding hydrogens is 306 g/mol. The van der Waals surface area contributed by atoms with Gasteiger partial charge in [-0.2, -0.15) is 0 Å². The highest BCUT2D eigenvalue weighted by Crippen LogP contribution is 2.30. The smallest absolute Gasteiger partial charge is 0.134 e. The summed E-state index contributed by atoms with van der Waals surface area (Å²) in [5.41, 5.74) is 0. The Kier molecular flexibility index (Phi) is 7.24. The van der Waals surface area contributed by atoms with Crippen molar-refractivity contribution in [2.75, 3.05) is 20.2 Å². The van der Waals surface area contributed by atoms with Crippen LogP contribution in [0, 0.1) is 5.92 Å². The summed E-state index contributed by atoms with van der Waals surface area (Å²) in [4.78, 5) is 0. The zero-order chi connectivity index (χ0) is 14.3. The van der Waals surface area contributed by atoms with Crippen molar-refractivity contribution in [3.8, 4) is 11.5 Å². The van der Waals surface area contributed by atoms with Gasteiger partial charge < -0.3 is 14.8 Å². The first-order chi connectivity index (χ1) is 9.06. The lowest BCUT2D eigenvalue weighted by Crippen LogP contribution is -2.33. The van der Waals surface area contributed by atoms with Crippen LogP contribution in [0.3, 0.4) is 0 Å². The molecule has 0 amide bonds. The van der Waals surface area contributed by atoms with Crippen LogP contribution in [0.15, 0.2) is 22.7 Å². The maximum atomic E-state index is 6.01. The van der Waals surface area contributed by atoms with E-state index < -0.39 is 0 Å². The van der Waals surface area contributed by atoms with E-state index in [0.717, 1.165) is 35.5 Å². The number of methoxy groups -OCH3 is 1. The first-order valence-corrected chi connectivity index (χ1v) is 7.57. The summed E-state index contributed by atoms with van der Waals surface area (Å²) < 4.78 is 12.1. The minimum atomic E-state index is 0.184. The summed E-state index contributed by atoms with van der Waals surface area (Å²) in [7, 11) is 1.66. The van der Waals surface area contributed by atoms with Gasteiger partial charge in [0, 0.05) is 6.54 Å². The number of hydrogen-bond acceptors (Lipinski definition) is 3. The fourth-order valence-electron chi connectivity index (χ4n) is 1.69. The quantitative estimate of drug-likeness (QED) is 0.785. The first kappa shape index (κ1) is 16.3. The zero-order valence-electron chi connectivity index (χ0n) is 12.2. The number of hydrogen-bond donors (Lipinski definition) is 1. The molecule has 0 spiro atoms. The molecule has 4 heteroatoms. The molecule has 0 aliphatic rings. The molecule has 3 nitrogen and oxygen atoms in total. The van der Waals surface area contributed by atoms with Crippen molar-refractivity contribution in [2.24, 2.45) is 5.92 Å². The largest absolute Gasteiger partial charge is 0.497 e. The molecule has 1 N–H and O–H groups in total. The molecule has 0 aromatic heterocycles. The van der Waals surface area contributed by atoms with Gasteiger partial charge >= 0.3 is 0 Å². The van der Waals surface area contributed by atoms with Gasteiger partial charge in [0.1, 0.15) is 17.6 Å². The standard InChI is InChI=1S/C15H24BrNO2/c1-5-12(10-17-9-11(2)3)19-15-7-6-13(18-4)8-14(15)16/h6-8,11-12,17H,5,9-10H2,1-4H3. The predicted molar refractivity (Wildman–Crippen MR) is 83.1 cm³/mol. The van der Waals surface area contributed by atoms with Crippen molar-refractivity contribution < 1.29 is 9.47 Å². The number of nitrogens with one attached hydrogen (secondary N) is 1. The molecule has 1 aromatic carbocycles. The lowest BCUT2D eigenvalue weighted by molar-refractivity contribution is 0.190. The average molecular weight is 330 g/mol. The molecule has 1 atom stereocenters. The molecule has 0 aliphatic heterocycles. The van der Waals surface area contributed by atoms with E-state index >= 15 is 0 Å². The van der Waals surface area contributed by atoms with Gasteiger partial charge in [-0.25, -0.2) is 0 Å². The van der Waals surface area contributed by atoms with E-state index in [1.165, 1.54) is 0 Å². The Labute approximate surface area is 124 Å². The topological polar surface area (TPSA) is 30.5 Å². The molecule has 1 unspecified atom stereocenters. The second-order valence-corrected chi connectivity index (χ2v) is 5.85. The van der Waals surface area contributed by atoms with Crippen LogP contribution in [-0.4, -0.2) is 26.3 Å².